The van der Waals surface area contributed by atoms with Gasteiger partial charge in [-0.1, -0.05) is 0 Å². The summed E-state index contributed by atoms with van der Waals surface area (Å²) in [6, 6.07) is 2.36. The van der Waals surface area contributed by atoms with Crippen molar-refractivity contribution < 1.29 is 22.0 Å². The minimum atomic E-state index is -3.98. The van der Waals surface area contributed by atoms with E-state index in [9.17, 15) is 22.0 Å². The molecule has 1 heterocycles. The lowest BCUT2D eigenvalue weighted by Crippen LogP contribution is -2.40. The second kappa shape index (κ2) is 9.38. The van der Waals surface area contributed by atoms with Crippen LogP contribution in [0.15, 0.2) is 23.1 Å². The molecule has 2 N–H and O–H groups in total. The zero-order chi connectivity index (χ0) is 19.2. The van der Waals surface area contributed by atoms with Crippen LogP contribution in [0.3, 0.4) is 0 Å². The number of sulfonamides is 1. The van der Waals surface area contributed by atoms with Crippen molar-refractivity contribution in [3.8, 4) is 0 Å². The number of nitrogens with zero attached hydrogens (tertiary/aromatic N) is 1. The number of hydrogen-bond acceptors (Lipinski definition) is 4. The largest absolute Gasteiger partial charge is 0.343 e. The fourth-order valence-electron chi connectivity index (χ4n) is 3.00. The lowest BCUT2D eigenvalue weighted by Gasteiger charge is -2.32. The zero-order valence-electron chi connectivity index (χ0n) is 14.8. The van der Waals surface area contributed by atoms with Gasteiger partial charge in [0, 0.05) is 26.1 Å². The van der Waals surface area contributed by atoms with Crippen LogP contribution in [-0.2, 0) is 14.8 Å². The molecule has 9 heteroatoms. The van der Waals surface area contributed by atoms with E-state index in [-0.39, 0.29) is 23.8 Å². The number of halogens is 2. The Hall–Kier alpha value is -1.58. The Kier molecular flexibility index (Phi) is 7.48. The van der Waals surface area contributed by atoms with Crippen molar-refractivity contribution in [2.45, 2.75) is 30.6 Å². The van der Waals surface area contributed by atoms with Gasteiger partial charge in [-0.25, -0.2) is 21.9 Å². The van der Waals surface area contributed by atoms with Crippen molar-refractivity contribution in [2.75, 3.05) is 33.2 Å². The van der Waals surface area contributed by atoms with Crippen molar-refractivity contribution in [3.05, 3.63) is 29.8 Å². The Morgan fingerprint density at radius 3 is 2.50 bits per heavy atom. The number of benzene rings is 1. The average molecular weight is 389 g/mol. The summed E-state index contributed by atoms with van der Waals surface area (Å²) < 4.78 is 52.5. The highest BCUT2D eigenvalue weighted by molar-refractivity contribution is 7.89. The highest BCUT2D eigenvalue weighted by Crippen LogP contribution is 2.20. The van der Waals surface area contributed by atoms with E-state index in [1.54, 1.807) is 4.90 Å². The number of carbonyl (C=O) groups excluding carboxylic acids is 1. The van der Waals surface area contributed by atoms with Gasteiger partial charge in [-0.05, 0) is 57.0 Å². The maximum Gasteiger partial charge on any atom is 0.240 e. The van der Waals surface area contributed by atoms with E-state index in [1.807, 2.05) is 7.05 Å². The zero-order valence-corrected chi connectivity index (χ0v) is 15.6. The summed E-state index contributed by atoms with van der Waals surface area (Å²) in [7, 11) is -2.06. The molecule has 0 aliphatic carbocycles. The summed E-state index contributed by atoms with van der Waals surface area (Å²) in [5.41, 5.74) is 0. The molecule has 0 spiro atoms. The fourth-order valence-corrected chi connectivity index (χ4v) is 4.04. The van der Waals surface area contributed by atoms with Crippen LogP contribution >= 0.6 is 0 Å². The molecule has 2 rings (SSSR count). The Morgan fingerprint density at radius 2 is 1.88 bits per heavy atom. The molecule has 146 valence electrons. The van der Waals surface area contributed by atoms with Gasteiger partial charge in [-0.2, -0.15) is 0 Å². The van der Waals surface area contributed by atoms with E-state index >= 15 is 0 Å². The van der Waals surface area contributed by atoms with E-state index < -0.39 is 21.7 Å². The highest BCUT2D eigenvalue weighted by atomic mass is 32.2. The molecule has 1 aliphatic rings. The predicted molar refractivity (Wildman–Crippen MR) is 94.0 cm³/mol. The summed E-state index contributed by atoms with van der Waals surface area (Å²) in [5, 5.41) is 3.12. The summed E-state index contributed by atoms with van der Waals surface area (Å²) in [4.78, 5) is 13.6. The molecule has 0 aromatic heterocycles. The molecule has 26 heavy (non-hydrogen) atoms. The molecule has 0 radical (unpaired) electrons. The summed E-state index contributed by atoms with van der Waals surface area (Å²) >= 11 is 0. The Bertz CT molecular complexity index is 720. The van der Waals surface area contributed by atoms with Crippen LogP contribution < -0.4 is 10.0 Å². The van der Waals surface area contributed by atoms with Crippen LogP contribution in [0.25, 0.3) is 0 Å². The van der Waals surface area contributed by atoms with Gasteiger partial charge in [0.1, 0.15) is 0 Å². The molecule has 0 saturated carbocycles. The quantitative estimate of drug-likeness (QED) is 0.706. The molecule has 1 fully saturated rings. The first-order valence-corrected chi connectivity index (χ1v) is 10.2. The molecule has 1 saturated heterocycles. The SMILES string of the molecule is CNCCC1CCN(C(=O)CCNS(=O)(=O)c2ccc(F)c(F)c2)CC1. The molecule has 1 aliphatic heterocycles. The molecular weight excluding hydrogens is 364 g/mol. The van der Waals surface area contributed by atoms with Crippen molar-refractivity contribution in [2.24, 2.45) is 5.92 Å². The van der Waals surface area contributed by atoms with E-state index in [0.717, 1.165) is 37.9 Å². The number of nitrogens with one attached hydrogen (secondary N) is 2. The topological polar surface area (TPSA) is 78.5 Å². The summed E-state index contributed by atoms with van der Waals surface area (Å²) in [5.74, 6) is -1.84. The van der Waals surface area contributed by atoms with Gasteiger partial charge in [-0.15, -0.1) is 0 Å². The molecule has 0 atom stereocenters. The molecule has 0 unspecified atom stereocenters. The molecule has 1 aromatic rings. The lowest BCUT2D eigenvalue weighted by molar-refractivity contribution is -0.132. The van der Waals surface area contributed by atoms with Crippen molar-refractivity contribution >= 4 is 15.9 Å². The van der Waals surface area contributed by atoms with Crippen LogP contribution in [0, 0.1) is 17.6 Å². The van der Waals surface area contributed by atoms with Crippen LogP contribution in [-0.4, -0.2) is 52.5 Å². The predicted octanol–water partition coefficient (Wildman–Crippen LogP) is 1.48. The maximum absolute atomic E-state index is 13.2. The van der Waals surface area contributed by atoms with Gasteiger partial charge in [0.15, 0.2) is 11.6 Å². The van der Waals surface area contributed by atoms with E-state index in [1.165, 1.54) is 0 Å². The Morgan fingerprint density at radius 1 is 1.19 bits per heavy atom. The fraction of sp³-hybridized carbons (Fsp3) is 0.588. The van der Waals surface area contributed by atoms with Gasteiger partial charge in [0.05, 0.1) is 4.90 Å². The summed E-state index contributed by atoms with van der Waals surface area (Å²) in [6.07, 6.45) is 3.03. The first-order valence-electron chi connectivity index (χ1n) is 8.70. The monoisotopic (exact) mass is 389 g/mol. The third-order valence-electron chi connectivity index (χ3n) is 4.60. The third kappa shape index (κ3) is 5.72. The van der Waals surface area contributed by atoms with E-state index in [0.29, 0.717) is 25.1 Å². The number of amides is 1. The van der Waals surface area contributed by atoms with E-state index in [2.05, 4.69) is 10.0 Å². The highest BCUT2D eigenvalue weighted by Gasteiger charge is 2.23. The van der Waals surface area contributed by atoms with Crippen LogP contribution in [0.4, 0.5) is 8.78 Å². The van der Waals surface area contributed by atoms with Crippen LogP contribution in [0.2, 0.25) is 0 Å². The third-order valence-corrected chi connectivity index (χ3v) is 6.06. The number of piperidine rings is 1. The van der Waals surface area contributed by atoms with Crippen LogP contribution in [0.5, 0.6) is 0 Å². The first kappa shape index (κ1) is 20.7. The normalized spacial score (nSPS) is 16.0. The minimum Gasteiger partial charge on any atom is -0.343 e. The minimum absolute atomic E-state index is 0.0318. The maximum atomic E-state index is 13.2. The number of rotatable bonds is 8. The van der Waals surface area contributed by atoms with Gasteiger partial charge >= 0.3 is 0 Å². The lowest BCUT2D eigenvalue weighted by atomic mass is 9.93. The van der Waals surface area contributed by atoms with Gasteiger partial charge in [0.2, 0.25) is 15.9 Å². The molecular formula is C17H25F2N3O3S. The van der Waals surface area contributed by atoms with Crippen LogP contribution in [0.1, 0.15) is 25.7 Å². The smallest absolute Gasteiger partial charge is 0.240 e. The molecule has 6 nitrogen and oxygen atoms in total. The Balaban J connectivity index is 1.78. The number of hydrogen-bond donors (Lipinski definition) is 2. The van der Waals surface area contributed by atoms with Crippen molar-refractivity contribution in [1.29, 1.82) is 0 Å². The number of carbonyl (C=O) groups is 1. The van der Waals surface area contributed by atoms with Crippen molar-refractivity contribution in [1.82, 2.24) is 14.9 Å². The van der Waals surface area contributed by atoms with Gasteiger partial charge < -0.3 is 10.2 Å². The van der Waals surface area contributed by atoms with Crippen molar-refractivity contribution in [3.63, 3.8) is 0 Å². The number of likely N-dealkylation sites (tertiary alicyclic amines) is 1. The molecule has 1 amide bonds. The summed E-state index contributed by atoms with van der Waals surface area (Å²) in [6.45, 7) is 2.25. The molecule has 0 bridgehead atoms. The molecule has 1 aromatic carbocycles. The second-order valence-corrected chi connectivity index (χ2v) is 8.21. The first-order chi connectivity index (χ1) is 12.3. The van der Waals surface area contributed by atoms with Gasteiger partial charge in [-0.3, -0.25) is 4.79 Å². The standard InChI is InChI=1S/C17H25F2N3O3S/c1-20-8-4-13-6-10-22(11-7-13)17(23)5-9-21-26(24,25)14-2-3-15(18)16(19)12-14/h2-3,12-13,20-21H,4-11H2,1H3. The Labute approximate surface area is 153 Å². The van der Waals surface area contributed by atoms with Gasteiger partial charge in [0.25, 0.3) is 0 Å². The average Bonchev–Trinajstić information content (AvgIpc) is 2.62. The second-order valence-electron chi connectivity index (χ2n) is 6.44. The van der Waals surface area contributed by atoms with E-state index in [4.69, 9.17) is 0 Å².